The van der Waals surface area contributed by atoms with Crippen molar-refractivity contribution in [1.29, 1.82) is 0 Å². The number of hydrogen-bond donors (Lipinski definition) is 1. The summed E-state index contributed by atoms with van der Waals surface area (Å²) >= 11 is 1.27. The van der Waals surface area contributed by atoms with Crippen LogP contribution in [-0.2, 0) is 11.3 Å². The van der Waals surface area contributed by atoms with Crippen molar-refractivity contribution >= 4 is 17.3 Å². The van der Waals surface area contributed by atoms with E-state index < -0.39 is 5.97 Å². The zero-order chi connectivity index (χ0) is 12.7. The second-order valence-corrected chi connectivity index (χ2v) is 4.82. The first-order valence-corrected chi connectivity index (χ1v) is 6.61. The van der Waals surface area contributed by atoms with Gasteiger partial charge < -0.3 is 14.7 Å². The number of rotatable bonds is 8. The number of carboxylic acids is 1. The van der Waals surface area contributed by atoms with Gasteiger partial charge in [0, 0.05) is 11.4 Å². The van der Waals surface area contributed by atoms with Gasteiger partial charge in [-0.2, -0.15) is 0 Å². The summed E-state index contributed by atoms with van der Waals surface area (Å²) in [6.07, 6.45) is 0. The molecule has 0 saturated heterocycles. The monoisotopic (exact) mass is 257 g/mol. The summed E-state index contributed by atoms with van der Waals surface area (Å²) in [4.78, 5) is 14.3. The fraction of sp³-hybridized carbons (Fsp3) is 0.583. The summed E-state index contributed by atoms with van der Waals surface area (Å²) in [5.74, 6) is -0.871. The quantitative estimate of drug-likeness (QED) is 0.726. The molecule has 0 aliphatic carbocycles. The minimum Gasteiger partial charge on any atom is -0.477 e. The molecule has 0 saturated carbocycles. The van der Waals surface area contributed by atoms with Crippen molar-refractivity contribution in [2.75, 3.05) is 26.2 Å². The average Bonchev–Trinajstić information content (AvgIpc) is 2.78. The lowest BCUT2D eigenvalue weighted by molar-refractivity contribution is 0.0702. The topological polar surface area (TPSA) is 49.8 Å². The number of thiophene rings is 1. The highest BCUT2D eigenvalue weighted by Gasteiger charge is 2.06. The van der Waals surface area contributed by atoms with Crippen LogP contribution in [-0.4, -0.2) is 42.2 Å². The molecule has 0 bridgehead atoms. The number of likely N-dealkylation sites (N-methyl/N-ethyl adjacent to an activating group) is 1. The molecule has 0 spiro atoms. The standard InChI is InChI=1S/C12H19NO3S/c1-3-13(4-2)7-8-16-9-10-5-6-11(17-10)12(14)15/h5-6H,3-4,7-9H2,1-2H3,(H,14,15). The SMILES string of the molecule is CCN(CC)CCOCc1ccc(C(=O)O)s1. The molecule has 0 amide bonds. The van der Waals surface area contributed by atoms with E-state index in [9.17, 15) is 4.79 Å². The van der Waals surface area contributed by atoms with E-state index in [0.29, 0.717) is 18.1 Å². The van der Waals surface area contributed by atoms with E-state index in [0.717, 1.165) is 24.5 Å². The lowest BCUT2D eigenvalue weighted by atomic mass is 10.4. The van der Waals surface area contributed by atoms with Crippen LogP contribution in [0.4, 0.5) is 0 Å². The smallest absolute Gasteiger partial charge is 0.345 e. The Balaban J connectivity index is 2.24. The van der Waals surface area contributed by atoms with Crippen molar-refractivity contribution in [3.05, 3.63) is 21.9 Å². The van der Waals surface area contributed by atoms with Crippen molar-refractivity contribution in [3.8, 4) is 0 Å². The Bertz CT molecular complexity index is 347. The maximum atomic E-state index is 10.7. The third-order valence-electron chi connectivity index (χ3n) is 2.56. The molecule has 1 aromatic heterocycles. The van der Waals surface area contributed by atoms with Gasteiger partial charge in [0.15, 0.2) is 0 Å². The largest absolute Gasteiger partial charge is 0.477 e. The van der Waals surface area contributed by atoms with Crippen LogP contribution < -0.4 is 0 Å². The number of hydrogen-bond acceptors (Lipinski definition) is 4. The summed E-state index contributed by atoms with van der Waals surface area (Å²) in [6, 6.07) is 3.43. The van der Waals surface area contributed by atoms with Crippen molar-refractivity contribution in [3.63, 3.8) is 0 Å². The predicted octanol–water partition coefficient (Wildman–Crippen LogP) is 2.30. The van der Waals surface area contributed by atoms with Crippen LogP contribution in [0, 0.1) is 0 Å². The molecule has 0 unspecified atom stereocenters. The molecule has 0 aliphatic rings. The van der Waals surface area contributed by atoms with E-state index in [1.54, 1.807) is 6.07 Å². The Labute approximate surface area is 106 Å². The van der Waals surface area contributed by atoms with Crippen LogP contribution in [0.2, 0.25) is 0 Å². The van der Waals surface area contributed by atoms with Gasteiger partial charge in [0.1, 0.15) is 4.88 Å². The molecule has 1 N–H and O–H groups in total. The van der Waals surface area contributed by atoms with Gasteiger partial charge in [0.25, 0.3) is 0 Å². The fourth-order valence-corrected chi connectivity index (χ4v) is 2.26. The number of carboxylic acid groups (broad SMARTS) is 1. The third-order valence-corrected chi connectivity index (χ3v) is 3.61. The van der Waals surface area contributed by atoms with Gasteiger partial charge in [0.2, 0.25) is 0 Å². The molecule has 5 heteroatoms. The maximum absolute atomic E-state index is 10.7. The van der Waals surface area contributed by atoms with Crippen molar-refractivity contribution in [2.45, 2.75) is 20.5 Å². The Morgan fingerprint density at radius 1 is 1.41 bits per heavy atom. The Morgan fingerprint density at radius 3 is 2.65 bits per heavy atom. The minimum atomic E-state index is -0.871. The molecule has 0 radical (unpaired) electrons. The molecule has 1 aromatic rings. The Morgan fingerprint density at radius 2 is 2.12 bits per heavy atom. The van der Waals surface area contributed by atoms with Crippen LogP contribution in [0.25, 0.3) is 0 Å². The van der Waals surface area contributed by atoms with Gasteiger partial charge in [-0.1, -0.05) is 13.8 Å². The van der Waals surface area contributed by atoms with Gasteiger partial charge in [-0.05, 0) is 25.2 Å². The van der Waals surface area contributed by atoms with Gasteiger partial charge in [-0.25, -0.2) is 4.79 Å². The average molecular weight is 257 g/mol. The molecule has 1 rings (SSSR count). The fourth-order valence-electron chi connectivity index (χ4n) is 1.48. The van der Waals surface area contributed by atoms with Gasteiger partial charge in [0.05, 0.1) is 13.2 Å². The molecule has 0 aromatic carbocycles. The van der Waals surface area contributed by atoms with E-state index >= 15 is 0 Å². The van der Waals surface area contributed by atoms with E-state index in [2.05, 4.69) is 18.7 Å². The highest BCUT2D eigenvalue weighted by Crippen LogP contribution is 2.17. The van der Waals surface area contributed by atoms with E-state index in [4.69, 9.17) is 9.84 Å². The molecule has 17 heavy (non-hydrogen) atoms. The number of aromatic carboxylic acids is 1. The summed E-state index contributed by atoms with van der Waals surface area (Å²) in [7, 11) is 0. The second kappa shape index (κ2) is 7.42. The molecule has 4 nitrogen and oxygen atoms in total. The highest BCUT2D eigenvalue weighted by atomic mass is 32.1. The molecule has 0 atom stereocenters. The highest BCUT2D eigenvalue weighted by molar-refractivity contribution is 7.13. The lowest BCUT2D eigenvalue weighted by Gasteiger charge is -2.17. The summed E-state index contributed by atoms with van der Waals surface area (Å²) in [5.41, 5.74) is 0. The molecule has 0 fully saturated rings. The third kappa shape index (κ3) is 4.85. The van der Waals surface area contributed by atoms with Crippen molar-refractivity contribution in [2.24, 2.45) is 0 Å². The van der Waals surface area contributed by atoms with Gasteiger partial charge in [-0.15, -0.1) is 11.3 Å². The first-order valence-electron chi connectivity index (χ1n) is 5.79. The first kappa shape index (κ1) is 14.2. The summed E-state index contributed by atoms with van der Waals surface area (Å²) in [5, 5.41) is 8.77. The van der Waals surface area contributed by atoms with Crippen LogP contribution in [0.5, 0.6) is 0 Å². The van der Waals surface area contributed by atoms with E-state index in [1.807, 2.05) is 6.07 Å². The second-order valence-electron chi connectivity index (χ2n) is 3.65. The molecule has 96 valence electrons. The van der Waals surface area contributed by atoms with E-state index in [1.165, 1.54) is 11.3 Å². The van der Waals surface area contributed by atoms with Gasteiger partial charge >= 0.3 is 5.97 Å². The van der Waals surface area contributed by atoms with Crippen LogP contribution in [0.15, 0.2) is 12.1 Å². The Kier molecular flexibility index (Phi) is 6.18. The normalized spacial score (nSPS) is 11.0. The number of carbonyl (C=O) groups is 1. The lowest BCUT2D eigenvalue weighted by Crippen LogP contribution is -2.26. The van der Waals surface area contributed by atoms with Gasteiger partial charge in [-0.3, -0.25) is 0 Å². The summed E-state index contributed by atoms with van der Waals surface area (Å²) in [6.45, 7) is 8.42. The molecule has 0 aliphatic heterocycles. The van der Waals surface area contributed by atoms with E-state index in [-0.39, 0.29) is 0 Å². The predicted molar refractivity (Wildman–Crippen MR) is 68.7 cm³/mol. The zero-order valence-corrected chi connectivity index (χ0v) is 11.1. The number of nitrogens with zero attached hydrogens (tertiary/aromatic N) is 1. The van der Waals surface area contributed by atoms with Crippen LogP contribution >= 0.6 is 11.3 Å². The molecule has 1 heterocycles. The molecular formula is C12H19NO3S. The minimum absolute atomic E-state index is 0.368. The molecular weight excluding hydrogens is 238 g/mol. The first-order chi connectivity index (χ1) is 8.17. The Hall–Kier alpha value is -0.910. The number of ether oxygens (including phenoxy) is 1. The van der Waals surface area contributed by atoms with Crippen molar-refractivity contribution < 1.29 is 14.6 Å². The van der Waals surface area contributed by atoms with Crippen molar-refractivity contribution in [1.82, 2.24) is 4.90 Å². The van der Waals surface area contributed by atoms with Crippen LogP contribution in [0.3, 0.4) is 0 Å². The maximum Gasteiger partial charge on any atom is 0.345 e. The zero-order valence-electron chi connectivity index (χ0n) is 10.3. The summed E-state index contributed by atoms with van der Waals surface area (Å²) < 4.78 is 5.52. The van der Waals surface area contributed by atoms with Crippen LogP contribution in [0.1, 0.15) is 28.4 Å².